The van der Waals surface area contributed by atoms with Gasteiger partial charge in [-0.15, -0.1) is 0 Å². The molecule has 2 heterocycles. The van der Waals surface area contributed by atoms with Crippen LogP contribution in [0.1, 0.15) is 0 Å². The van der Waals surface area contributed by atoms with Crippen LogP contribution in [0, 0.1) is 0 Å². The van der Waals surface area contributed by atoms with Gasteiger partial charge in [-0.2, -0.15) is 0 Å². The molecule has 0 amide bonds. The SMILES string of the molecule is Oc1ccc(Br)cc1-c1cc(-c2ccccn2)on1. The zero-order valence-corrected chi connectivity index (χ0v) is 11.3. The van der Waals surface area contributed by atoms with Gasteiger partial charge in [-0.25, -0.2) is 0 Å². The Bertz CT molecular complexity index is 710. The van der Waals surface area contributed by atoms with Crippen LogP contribution in [-0.4, -0.2) is 15.2 Å². The van der Waals surface area contributed by atoms with E-state index in [-0.39, 0.29) is 5.75 Å². The summed E-state index contributed by atoms with van der Waals surface area (Å²) in [5.41, 5.74) is 1.88. The molecular weight excluding hydrogens is 308 g/mol. The van der Waals surface area contributed by atoms with E-state index < -0.39 is 0 Å². The van der Waals surface area contributed by atoms with Crippen LogP contribution >= 0.6 is 15.9 Å². The molecule has 0 saturated carbocycles. The number of hydrogen-bond acceptors (Lipinski definition) is 4. The lowest BCUT2D eigenvalue weighted by atomic mass is 10.1. The van der Waals surface area contributed by atoms with Gasteiger partial charge in [0.05, 0.1) is 0 Å². The number of phenolic OH excluding ortho intramolecular Hbond substituents is 1. The van der Waals surface area contributed by atoms with Crippen molar-refractivity contribution >= 4 is 15.9 Å². The Morgan fingerprint density at radius 1 is 1.05 bits per heavy atom. The average molecular weight is 317 g/mol. The quantitative estimate of drug-likeness (QED) is 0.779. The Labute approximate surface area is 117 Å². The molecule has 0 bridgehead atoms. The molecule has 3 rings (SSSR count). The van der Waals surface area contributed by atoms with Crippen molar-refractivity contribution in [1.29, 1.82) is 0 Å². The van der Waals surface area contributed by atoms with Crippen LogP contribution in [0.25, 0.3) is 22.7 Å². The third-order valence-corrected chi connectivity index (χ3v) is 3.16. The molecule has 4 nitrogen and oxygen atoms in total. The Balaban J connectivity index is 2.04. The molecule has 0 aliphatic carbocycles. The molecule has 2 aromatic heterocycles. The second-order valence-electron chi connectivity index (χ2n) is 3.95. The van der Waals surface area contributed by atoms with Crippen LogP contribution in [-0.2, 0) is 0 Å². The van der Waals surface area contributed by atoms with E-state index in [1.54, 1.807) is 30.5 Å². The van der Waals surface area contributed by atoms with Gasteiger partial charge in [-0.1, -0.05) is 27.2 Å². The van der Waals surface area contributed by atoms with Crippen molar-refractivity contribution in [3.8, 4) is 28.5 Å². The number of aromatic nitrogens is 2. The summed E-state index contributed by atoms with van der Waals surface area (Å²) >= 11 is 3.36. The largest absolute Gasteiger partial charge is 0.507 e. The standard InChI is InChI=1S/C14H9BrN2O2/c15-9-4-5-13(18)10(7-9)12-8-14(19-17-12)11-3-1-2-6-16-11/h1-8,18H. The summed E-state index contributed by atoms with van der Waals surface area (Å²) in [6.45, 7) is 0. The molecule has 94 valence electrons. The van der Waals surface area contributed by atoms with E-state index in [0.717, 1.165) is 4.47 Å². The number of rotatable bonds is 2. The summed E-state index contributed by atoms with van der Waals surface area (Å²) in [6, 6.07) is 12.5. The first-order valence-corrected chi connectivity index (χ1v) is 6.40. The molecule has 1 aromatic carbocycles. The minimum atomic E-state index is 0.157. The fraction of sp³-hybridized carbons (Fsp3) is 0. The summed E-state index contributed by atoms with van der Waals surface area (Å²) in [6.07, 6.45) is 1.69. The van der Waals surface area contributed by atoms with Gasteiger partial charge in [0.1, 0.15) is 17.1 Å². The number of nitrogens with zero attached hydrogens (tertiary/aromatic N) is 2. The summed E-state index contributed by atoms with van der Waals surface area (Å²) in [4.78, 5) is 4.19. The van der Waals surface area contributed by atoms with E-state index in [2.05, 4.69) is 26.1 Å². The van der Waals surface area contributed by atoms with Crippen LogP contribution < -0.4 is 0 Å². The molecule has 0 unspecified atom stereocenters. The first-order chi connectivity index (χ1) is 9.24. The minimum Gasteiger partial charge on any atom is -0.507 e. The molecular formula is C14H9BrN2O2. The Kier molecular flexibility index (Phi) is 3.05. The van der Waals surface area contributed by atoms with Gasteiger partial charge >= 0.3 is 0 Å². The van der Waals surface area contributed by atoms with E-state index in [1.165, 1.54) is 0 Å². The maximum Gasteiger partial charge on any atom is 0.185 e. The summed E-state index contributed by atoms with van der Waals surface area (Å²) in [5.74, 6) is 0.721. The lowest BCUT2D eigenvalue weighted by Crippen LogP contribution is -1.79. The molecule has 1 N–H and O–H groups in total. The molecule has 19 heavy (non-hydrogen) atoms. The predicted molar refractivity (Wildman–Crippen MR) is 74.5 cm³/mol. The third-order valence-electron chi connectivity index (χ3n) is 2.66. The third kappa shape index (κ3) is 2.37. The minimum absolute atomic E-state index is 0.157. The highest BCUT2D eigenvalue weighted by Crippen LogP contribution is 2.32. The highest BCUT2D eigenvalue weighted by molar-refractivity contribution is 9.10. The average Bonchev–Trinajstić information content (AvgIpc) is 2.92. The molecule has 0 spiro atoms. The van der Waals surface area contributed by atoms with Crippen LogP contribution in [0.3, 0.4) is 0 Å². The number of halogens is 1. The van der Waals surface area contributed by atoms with Crippen molar-refractivity contribution in [2.24, 2.45) is 0 Å². The zero-order chi connectivity index (χ0) is 13.2. The topological polar surface area (TPSA) is 59.2 Å². The fourth-order valence-corrected chi connectivity index (χ4v) is 2.11. The maximum absolute atomic E-state index is 9.85. The van der Waals surface area contributed by atoms with Crippen molar-refractivity contribution in [2.45, 2.75) is 0 Å². The summed E-state index contributed by atoms with van der Waals surface area (Å²) in [7, 11) is 0. The van der Waals surface area contributed by atoms with Gasteiger partial charge in [0.15, 0.2) is 5.76 Å². The Morgan fingerprint density at radius 2 is 1.95 bits per heavy atom. The lowest BCUT2D eigenvalue weighted by molar-refractivity contribution is 0.432. The van der Waals surface area contributed by atoms with Crippen molar-refractivity contribution in [3.63, 3.8) is 0 Å². The second kappa shape index (κ2) is 4.85. The first kappa shape index (κ1) is 11.9. The van der Waals surface area contributed by atoms with Crippen LogP contribution in [0.15, 0.2) is 57.7 Å². The van der Waals surface area contributed by atoms with Gasteiger partial charge in [0.25, 0.3) is 0 Å². The van der Waals surface area contributed by atoms with Crippen molar-refractivity contribution in [2.75, 3.05) is 0 Å². The van der Waals surface area contributed by atoms with Crippen LogP contribution in [0.2, 0.25) is 0 Å². The van der Waals surface area contributed by atoms with Gasteiger partial charge in [0, 0.05) is 22.3 Å². The zero-order valence-electron chi connectivity index (χ0n) is 9.75. The number of pyridine rings is 1. The number of phenols is 1. The maximum atomic E-state index is 9.85. The highest BCUT2D eigenvalue weighted by atomic mass is 79.9. The molecule has 0 fully saturated rings. The normalized spacial score (nSPS) is 10.6. The van der Waals surface area contributed by atoms with Crippen molar-refractivity contribution < 1.29 is 9.63 Å². The van der Waals surface area contributed by atoms with Crippen LogP contribution in [0.4, 0.5) is 0 Å². The van der Waals surface area contributed by atoms with Gasteiger partial charge in [0.2, 0.25) is 0 Å². The Morgan fingerprint density at radius 3 is 2.74 bits per heavy atom. The molecule has 0 atom stereocenters. The van der Waals surface area contributed by atoms with E-state index in [4.69, 9.17) is 4.52 Å². The molecule has 0 aliphatic heterocycles. The molecule has 0 radical (unpaired) electrons. The van der Waals surface area contributed by atoms with Gasteiger partial charge in [-0.3, -0.25) is 4.98 Å². The van der Waals surface area contributed by atoms with Gasteiger partial charge in [-0.05, 0) is 30.3 Å². The van der Waals surface area contributed by atoms with E-state index in [0.29, 0.717) is 22.7 Å². The van der Waals surface area contributed by atoms with E-state index >= 15 is 0 Å². The van der Waals surface area contributed by atoms with Crippen molar-refractivity contribution in [3.05, 3.63) is 53.1 Å². The Hall–Kier alpha value is -2.14. The summed E-state index contributed by atoms with van der Waals surface area (Å²) in [5, 5.41) is 13.8. The molecule has 5 heteroatoms. The molecule has 3 aromatic rings. The van der Waals surface area contributed by atoms with E-state index in [9.17, 15) is 5.11 Å². The molecule has 0 aliphatic rings. The van der Waals surface area contributed by atoms with Crippen molar-refractivity contribution in [1.82, 2.24) is 10.1 Å². The number of benzene rings is 1. The first-order valence-electron chi connectivity index (χ1n) is 5.61. The number of aromatic hydroxyl groups is 1. The van der Waals surface area contributed by atoms with Gasteiger partial charge < -0.3 is 9.63 Å². The highest BCUT2D eigenvalue weighted by Gasteiger charge is 2.12. The predicted octanol–water partition coefficient (Wildman–Crippen LogP) is 3.87. The fourth-order valence-electron chi connectivity index (χ4n) is 1.74. The smallest absolute Gasteiger partial charge is 0.185 e. The van der Waals surface area contributed by atoms with Crippen LogP contribution in [0.5, 0.6) is 5.75 Å². The summed E-state index contributed by atoms with van der Waals surface area (Å²) < 4.78 is 6.12. The number of hydrogen-bond donors (Lipinski definition) is 1. The molecule has 0 saturated heterocycles. The van der Waals surface area contributed by atoms with E-state index in [1.807, 2.05) is 18.2 Å². The second-order valence-corrected chi connectivity index (χ2v) is 4.87. The lowest BCUT2D eigenvalue weighted by Gasteiger charge is -2.00. The monoisotopic (exact) mass is 316 g/mol.